The number of rotatable bonds is 6. The number of carbonyl (C=O) groups is 1. The second-order valence-corrected chi connectivity index (χ2v) is 6.04. The highest BCUT2D eigenvalue weighted by atomic mass is 32.1. The molecule has 130 valence electrons. The predicted octanol–water partition coefficient (Wildman–Crippen LogP) is 4.35. The van der Waals surface area contributed by atoms with E-state index in [-0.39, 0.29) is 12.6 Å². The van der Waals surface area contributed by atoms with Crippen molar-refractivity contribution in [1.82, 2.24) is 5.32 Å². The molecule has 0 saturated carbocycles. The number of urea groups is 1. The van der Waals surface area contributed by atoms with Gasteiger partial charge in [0.25, 0.3) is 0 Å². The molecule has 0 fully saturated rings. The van der Waals surface area contributed by atoms with Gasteiger partial charge in [-0.15, -0.1) is 11.3 Å². The molecule has 3 aromatic rings. The SMILES string of the molecule is COc1cccc(NC(=O)NCc2ccc(-c3cccs3)o2)c1OC. The Kier molecular flexibility index (Phi) is 5.25. The number of amides is 2. The number of carbonyl (C=O) groups excluding carboxylic acids is 1. The maximum Gasteiger partial charge on any atom is 0.319 e. The Morgan fingerprint density at radius 3 is 2.72 bits per heavy atom. The van der Waals surface area contributed by atoms with Crippen LogP contribution in [-0.2, 0) is 6.54 Å². The van der Waals surface area contributed by atoms with Crippen LogP contribution in [0.3, 0.4) is 0 Å². The Labute approximate surface area is 149 Å². The van der Waals surface area contributed by atoms with E-state index in [4.69, 9.17) is 13.9 Å². The molecule has 0 unspecified atom stereocenters. The van der Waals surface area contributed by atoms with Crippen LogP contribution in [0.1, 0.15) is 5.76 Å². The Balaban J connectivity index is 1.60. The summed E-state index contributed by atoms with van der Waals surface area (Å²) in [6.45, 7) is 0.281. The van der Waals surface area contributed by atoms with Crippen molar-refractivity contribution in [3.05, 3.63) is 53.6 Å². The molecule has 0 aliphatic heterocycles. The Bertz CT molecular complexity index is 843. The van der Waals surface area contributed by atoms with E-state index >= 15 is 0 Å². The summed E-state index contributed by atoms with van der Waals surface area (Å²) in [6, 6.07) is 12.6. The average Bonchev–Trinajstić information content (AvgIpc) is 3.31. The standard InChI is InChI=1S/C18H18N2O4S/c1-22-15-6-3-5-13(17(15)23-2)20-18(21)19-11-12-8-9-14(24-12)16-7-4-10-25-16/h3-10H,11H2,1-2H3,(H2,19,20,21). The van der Waals surface area contributed by atoms with E-state index in [2.05, 4.69) is 10.6 Å². The van der Waals surface area contributed by atoms with E-state index in [1.165, 1.54) is 7.11 Å². The van der Waals surface area contributed by atoms with E-state index in [0.29, 0.717) is 22.9 Å². The lowest BCUT2D eigenvalue weighted by Crippen LogP contribution is -2.28. The Morgan fingerprint density at radius 1 is 1.12 bits per heavy atom. The largest absolute Gasteiger partial charge is 0.493 e. The third kappa shape index (κ3) is 3.95. The van der Waals surface area contributed by atoms with E-state index < -0.39 is 0 Å². The Hall–Kier alpha value is -2.93. The number of thiophene rings is 1. The summed E-state index contributed by atoms with van der Waals surface area (Å²) in [6.07, 6.45) is 0. The van der Waals surface area contributed by atoms with E-state index in [1.54, 1.807) is 36.6 Å². The average molecular weight is 358 g/mol. The van der Waals surface area contributed by atoms with Crippen LogP contribution >= 0.6 is 11.3 Å². The first-order chi connectivity index (χ1) is 12.2. The molecule has 0 spiro atoms. The molecule has 0 bridgehead atoms. The van der Waals surface area contributed by atoms with Gasteiger partial charge in [0.15, 0.2) is 11.5 Å². The van der Waals surface area contributed by atoms with Crippen molar-refractivity contribution in [3.8, 4) is 22.1 Å². The zero-order valence-corrected chi connectivity index (χ0v) is 14.7. The molecule has 6 nitrogen and oxygen atoms in total. The van der Waals surface area contributed by atoms with Gasteiger partial charge in [-0.25, -0.2) is 4.79 Å². The smallest absolute Gasteiger partial charge is 0.319 e. The van der Waals surface area contributed by atoms with Crippen molar-refractivity contribution in [2.24, 2.45) is 0 Å². The molecule has 0 saturated heterocycles. The third-order valence-corrected chi connectivity index (χ3v) is 4.38. The lowest BCUT2D eigenvalue weighted by molar-refractivity contribution is 0.250. The molecule has 0 aliphatic rings. The van der Waals surface area contributed by atoms with Crippen LogP contribution in [0.2, 0.25) is 0 Å². The number of methoxy groups -OCH3 is 2. The van der Waals surface area contributed by atoms with E-state index in [0.717, 1.165) is 10.6 Å². The van der Waals surface area contributed by atoms with Crippen LogP contribution < -0.4 is 20.1 Å². The first kappa shape index (κ1) is 16.9. The predicted molar refractivity (Wildman–Crippen MR) is 97.4 cm³/mol. The van der Waals surface area contributed by atoms with Crippen molar-refractivity contribution in [3.63, 3.8) is 0 Å². The van der Waals surface area contributed by atoms with Crippen molar-refractivity contribution in [1.29, 1.82) is 0 Å². The van der Waals surface area contributed by atoms with Crippen LogP contribution in [0.15, 0.2) is 52.3 Å². The molecule has 0 atom stereocenters. The van der Waals surface area contributed by atoms with Crippen molar-refractivity contribution >= 4 is 23.1 Å². The van der Waals surface area contributed by atoms with Crippen molar-refractivity contribution in [2.75, 3.05) is 19.5 Å². The topological polar surface area (TPSA) is 72.7 Å². The molecule has 25 heavy (non-hydrogen) atoms. The number of nitrogens with one attached hydrogen (secondary N) is 2. The monoisotopic (exact) mass is 358 g/mol. The fourth-order valence-electron chi connectivity index (χ4n) is 2.34. The van der Waals surface area contributed by atoms with E-state index in [1.807, 2.05) is 29.6 Å². The van der Waals surface area contributed by atoms with Crippen molar-refractivity contribution < 1.29 is 18.7 Å². The van der Waals surface area contributed by atoms with Gasteiger partial charge in [0.2, 0.25) is 0 Å². The van der Waals surface area contributed by atoms with Gasteiger partial charge >= 0.3 is 6.03 Å². The molecule has 2 aromatic heterocycles. The van der Waals surface area contributed by atoms with Crippen LogP contribution in [0.25, 0.3) is 10.6 Å². The quantitative estimate of drug-likeness (QED) is 0.687. The zero-order valence-electron chi connectivity index (χ0n) is 13.9. The molecule has 2 amide bonds. The number of para-hydroxylation sites is 1. The zero-order chi connectivity index (χ0) is 17.6. The second kappa shape index (κ2) is 7.76. The maximum atomic E-state index is 12.1. The van der Waals surface area contributed by atoms with Crippen LogP contribution in [0.4, 0.5) is 10.5 Å². The number of ether oxygens (including phenoxy) is 2. The maximum absolute atomic E-state index is 12.1. The van der Waals surface area contributed by atoms with Gasteiger partial charge in [-0.1, -0.05) is 12.1 Å². The highest BCUT2D eigenvalue weighted by Gasteiger charge is 2.12. The molecule has 2 heterocycles. The molecular weight excluding hydrogens is 340 g/mol. The van der Waals surface area contributed by atoms with Crippen LogP contribution in [0, 0.1) is 0 Å². The number of furan rings is 1. The summed E-state index contributed by atoms with van der Waals surface area (Å²) in [7, 11) is 3.07. The Morgan fingerprint density at radius 2 is 2.00 bits per heavy atom. The number of anilines is 1. The summed E-state index contributed by atoms with van der Waals surface area (Å²) in [5.74, 6) is 2.49. The summed E-state index contributed by atoms with van der Waals surface area (Å²) in [5, 5.41) is 7.50. The van der Waals surface area contributed by atoms with Crippen LogP contribution in [0.5, 0.6) is 11.5 Å². The number of benzene rings is 1. The molecule has 0 aliphatic carbocycles. The van der Waals surface area contributed by atoms with Gasteiger partial charge in [-0.05, 0) is 35.7 Å². The summed E-state index contributed by atoms with van der Waals surface area (Å²) in [5.41, 5.74) is 0.526. The van der Waals surface area contributed by atoms with Gasteiger partial charge in [0.1, 0.15) is 11.5 Å². The van der Waals surface area contributed by atoms with Crippen LogP contribution in [-0.4, -0.2) is 20.3 Å². The summed E-state index contributed by atoms with van der Waals surface area (Å²) >= 11 is 1.60. The molecule has 3 rings (SSSR count). The molecule has 1 aromatic carbocycles. The first-order valence-corrected chi connectivity index (χ1v) is 8.47. The second-order valence-electron chi connectivity index (χ2n) is 5.09. The molecule has 2 N–H and O–H groups in total. The highest BCUT2D eigenvalue weighted by molar-refractivity contribution is 7.13. The molecule has 7 heteroatoms. The minimum Gasteiger partial charge on any atom is -0.493 e. The normalized spacial score (nSPS) is 10.3. The minimum atomic E-state index is -0.361. The summed E-state index contributed by atoms with van der Waals surface area (Å²) < 4.78 is 16.2. The van der Waals surface area contributed by atoms with Gasteiger partial charge < -0.3 is 24.5 Å². The van der Waals surface area contributed by atoms with Crippen molar-refractivity contribution in [2.45, 2.75) is 6.54 Å². The van der Waals surface area contributed by atoms with Gasteiger partial charge in [-0.2, -0.15) is 0 Å². The lowest BCUT2D eigenvalue weighted by Gasteiger charge is -2.13. The van der Waals surface area contributed by atoms with E-state index in [9.17, 15) is 4.79 Å². The first-order valence-electron chi connectivity index (χ1n) is 7.59. The molecular formula is C18H18N2O4S. The van der Waals surface area contributed by atoms with Gasteiger partial charge in [0, 0.05) is 0 Å². The fraction of sp³-hybridized carbons (Fsp3) is 0.167. The number of hydrogen-bond acceptors (Lipinski definition) is 5. The third-order valence-electron chi connectivity index (χ3n) is 3.50. The summed E-state index contributed by atoms with van der Waals surface area (Å²) in [4.78, 5) is 13.2. The van der Waals surface area contributed by atoms with Gasteiger partial charge in [0.05, 0.1) is 31.3 Å². The molecule has 0 radical (unpaired) electrons. The lowest BCUT2D eigenvalue weighted by atomic mass is 10.2. The highest BCUT2D eigenvalue weighted by Crippen LogP contribution is 2.34. The minimum absolute atomic E-state index is 0.281. The number of hydrogen-bond donors (Lipinski definition) is 2. The van der Waals surface area contributed by atoms with Gasteiger partial charge in [-0.3, -0.25) is 0 Å². The fourth-order valence-corrected chi connectivity index (χ4v) is 3.03.